The molecule has 0 unspecified atom stereocenters. The van der Waals surface area contributed by atoms with Gasteiger partial charge in [-0.1, -0.05) is 46.4 Å². The molecule has 0 radical (unpaired) electrons. The van der Waals surface area contributed by atoms with Crippen LogP contribution >= 0.6 is 46.4 Å². The Labute approximate surface area is 114 Å². The van der Waals surface area contributed by atoms with Crippen LogP contribution in [0.4, 0.5) is 0 Å². The molecule has 0 heterocycles. The summed E-state index contributed by atoms with van der Waals surface area (Å²) in [5.74, 6) is 0.477. The average molecular weight is 301 g/mol. The molecule has 0 saturated carbocycles. The van der Waals surface area contributed by atoms with E-state index in [4.69, 9.17) is 56.9 Å². The van der Waals surface area contributed by atoms with Crippen molar-refractivity contribution < 1.29 is 4.74 Å². The van der Waals surface area contributed by atoms with Crippen LogP contribution in [0.25, 0.3) is 0 Å². The second kappa shape index (κ2) is 6.58. The highest BCUT2D eigenvalue weighted by Crippen LogP contribution is 2.32. The number of halogens is 4. The molecule has 0 bridgehead atoms. The lowest BCUT2D eigenvalue weighted by molar-refractivity contribution is 0.355. The van der Waals surface area contributed by atoms with Gasteiger partial charge >= 0.3 is 0 Å². The molecule has 2 nitrogen and oxygen atoms in total. The summed E-state index contributed by atoms with van der Waals surface area (Å²) in [5.41, 5.74) is 7.51. The minimum absolute atomic E-state index is 0.138. The molecule has 0 fully saturated rings. The van der Waals surface area contributed by atoms with E-state index < -0.39 is 0 Å². The Kier molecular flexibility index (Phi) is 5.73. The van der Waals surface area contributed by atoms with Gasteiger partial charge in [0.05, 0.1) is 10.1 Å². The maximum Gasteiger partial charge on any atom is 0.143 e. The third kappa shape index (κ3) is 3.72. The summed E-state index contributed by atoms with van der Waals surface area (Å²) in [6.07, 6.45) is 0. The highest BCUT2D eigenvalue weighted by atomic mass is 35.5. The maximum atomic E-state index is 5.98. The van der Waals surface area contributed by atoms with Crippen molar-refractivity contribution in [2.75, 3.05) is 6.61 Å². The Hall–Kier alpha value is -0.120. The van der Waals surface area contributed by atoms with Gasteiger partial charge in [-0.2, -0.15) is 0 Å². The molecule has 0 spiro atoms. The molecule has 1 aromatic rings. The molecular formula is C10H9Cl4NO. The van der Waals surface area contributed by atoms with Crippen LogP contribution in [-0.2, 0) is 6.54 Å². The third-order valence-electron chi connectivity index (χ3n) is 1.78. The van der Waals surface area contributed by atoms with Crippen molar-refractivity contribution in [3.63, 3.8) is 0 Å². The number of benzene rings is 1. The number of rotatable bonds is 4. The second-order valence-corrected chi connectivity index (χ2v) is 4.47. The third-order valence-corrected chi connectivity index (χ3v) is 2.87. The molecule has 0 atom stereocenters. The molecule has 0 aliphatic heterocycles. The fraction of sp³-hybridized carbons (Fsp3) is 0.200. The first kappa shape index (κ1) is 13.9. The summed E-state index contributed by atoms with van der Waals surface area (Å²) in [7, 11) is 0. The molecule has 0 aromatic heterocycles. The first-order valence-electron chi connectivity index (χ1n) is 4.34. The fourth-order valence-electron chi connectivity index (χ4n) is 1.10. The van der Waals surface area contributed by atoms with Crippen LogP contribution in [-0.4, -0.2) is 6.61 Å². The molecule has 6 heteroatoms. The van der Waals surface area contributed by atoms with Crippen LogP contribution in [0.3, 0.4) is 0 Å². The van der Waals surface area contributed by atoms with E-state index in [0.29, 0.717) is 20.8 Å². The highest BCUT2D eigenvalue weighted by Gasteiger charge is 2.10. The summed E-state index contributed by atoms with van der Waals surface area (Å²) in [4.78, 5) is 0. The van der Waals surface area contributed by atoms with E-state index >= 15 is 0 Å². The Morgan fingerprint density at radius 3 is 2.62 bits per heavy atom. The number of ether oxygens (including phenoxy) is 1. The van der Waals surface area contributed by atoms with Crippen LogP contribution in [0.1, 0.15) is 5.56 Å². The van der Waals surface area contributed by atoms with Gasteiger partial charge in [0.25, 0.3) is 0 Å². The Morgan fingerprint density at radius 2 is 2.06 bits per heavy atom. The van der Waals surface area contributed by atoms with Crippen LogP contribution < -0.4 is 10.5 Å². The van der Waals surface area contributed by atoms with Gasteiger partial charge in [0.2, 0.25) is 0 Å². The monoisotopic (exact) mass is 299 g/mol. The quantitative estimate of drug-likeness (QED) is 0.906. The summed E-state index contributed by atoms with van der Waals surface area (Å²) < 4.78 is 5.41. The predicted octanol–water partition coefficient (Wildman–Crippen LogP) is 4.15. The van der Waals surface area contributed by atoms with E-state index in [-0.39, 0.29) is 13.2 Å². The topological polar surface area (TPSA) is 35.2 Å². The van der Waals surface area contributed by atoms with Crippen molar-refractivity contribution in [2.24, 2.45) is 5.73 Å². The molecule has 16 heavy (non-hydrogen) atoms. The first-order valence-corrected chi connectivity index (χ1v) is 5.91. The van der Waals surface area contributed by atoms with Gasteiger partial charge in [0, 0.05) is 22.7 Å². The molecule has 0 aliphatic carbocycles. The van der Waals surface area contributed by atoms with Crippen LogP contribution in [0.5, 0.6) is 5.75 Å². The summed E-state index contributed by atoms with van der Waals surface area (Å²) in [6, 6.07) is 3.27. The van der Waals surface area contributed by atoms with Gasteiger partial charge < -0.3 is 10.5 Å². The molecule has 0 amide bonds. The zero-order valence-electron chi connectivity index (χ0n) is 8.14. The lowest BCUT2D eigenvalue weighted by Crippen LogP contribution is -2.04. The van der Waals surface area contributed by atoms with Gasteiger partial charge in [0.15, 0.2) is 0 Å². The molecule has 0 aliphatic rings. The Bertz CT molecular complexity index is 406. The van der Waals surface area contributed by atoms with E-state index in [2.05, 4.69) is 0 Å². The van der Waals surface area contributed by atoms with Gasteiger partial charge in [0.1, 0.15) is 12.4 Å². The molecule has 2 N–H and O–H groups in total. The van der Waals surface area contributed by atoms with Crippen LogP contribution in [0.2, 0.25) is 10.0 Å². The van der Waals surface area contributed by atoms with E-state index in [1.54, 1.807) is 12.1 Å². The molecule has 1 rings (SSSR count). The van der Waals surface area contributed by atoms with Crippen molar-refractivity contribution in [1.29, 1.82) is 0 Å². The van der Waals surface area contributed by atoms with Crippen molar-refractivity contribution in [3.05, 3.63) is 38.3 Å². The Balaban J connectivity index is 2.94. The predicted molar refractivity (Wildman–Crippen MR) is 69.6 cm³/mol. The Morgan fingerprint density at radius 1 is 1.38 bits per heavy atom. The maximum absolute atomic E-state index is 5.98. The largest absolute Gasteiger partial charge is 0.486 e. The van der Waals surface area contributed by atoms with E-state index in [9.17, 15) is 0 Å². The standard InChI is InChI=1S/C10H9Cl4NO/c11-3-8(13)5-16-10-6(4-15)1-7(12)2-9(10)14/h1-3H,4-5,15H2. The van der Waals surface area contributed by atoms with Gasteiger partial charge in [-0.3, -0.25) is 0 Å². The highest BCUT2D eigenvalue weighted by molar-refractivity contribution is 6.37. The normalized spacial score (nSPS) is 11.7. The SMILES string of the molecule is NCc1cc(Cl)cc(Cl)c1OCC(Cl)=CCl. The lowest BCUT2D eigenvalue weighted by atomic mass is 10.2. The summed E-state index contributed by atoms with van der Waals surface area (Å²) in [5, 5.41) is 1.28. The minimum Gasteiger partial charge on any atom is -0.486 e. The van der Waals surface area contributed by atoms with Crippen molar-refractivity contribution >= 4 is 46.4 Å². The van der Waals surface area contributed by atoms with Crippen molar-refractivity contribution in [2.45, 2.75) is 6.54 Å². The van der Waals surface area contributed by atoms with Crippen molar-refractivity contribution in [1.82, 2.24) is 0 Å². The average Bonchev–Trinajstić information content (AvgIpc) is 2.26. The second-order valence-electron chi connectivity index (χ2n) is 2.92. The smallest absolute Gasteiger partial charge is 0.143 e. The zero-order chi connectivity index (χ0) is 12.1. The van der Waals surface area contributed by atoms with E-state index in [0.717, 1.165) is 5.56 Å². The van der Waals surface area contributed by atoms with E-state index in [1.165, 1.54) is 5.54 Å². The van der Waals surface area contributed by atoms with E-state index in [1.807, 2.05) is 0 Å². The molecule has 88 valence electrons. The molecule has 1 aromatic carbocycles. The molecular weight excluding hydrogens is 292 g/mol. The van der Waals surface area contributed by atoms with Crippen LogP contribution in [0.15, 0.2) is 22.7 Å². The number of hydrogen-bond donors (Lipinski definition) is 1. The zero-order valence-corrected chi connectivity index (χ0v) is 11.2. The summed E-state index contributed by atoms with van der Waals surface area (Å²) >= 11 is 22.9. The first-order chi connectivity index (χ1) is 7.58. The fourth-order valence-corrected chi connectivity index (χ4v) is 1.81. The van der Waals surface area contributed by atoms with Crippen molar-refractivity contribution in [3.8, 4) is 5.75 Å². The molecule has 0 saturated heterocycles. The summed E-state index contributed by atoms with van der Waals surface area (Å²) in [6.45, 7) is 0.414. The number of hydrogen-bond acceptors (Lipinski definition) is 2. The van der Waals surface area contributed by atoms with Gasteiger partial charge in [-0.05, 0) is 12.1 Å². The van der Waals surface area contributed by atoms with Gasteiger partial charge in [-0.25, -0.2) is 0 Å². The number of nitrogens with two attached hydrogens (primary N) is 1. The minimum atomic E-state index is 0.138. The van der Waals surface area contributed by atoms with Gasteiger partial charge in [-0.15, -0.1) is 0 Å². The lowest BCUT2D eigenvalue weighted by Gasteiger charge is -2.12. The van der Waals surface area contributed by atoms with Crippen LogP contribution in [0, 0.1) is 0 Å².